The number of carbonyl (C=O) groups excluding carboxylic acids is 1. The summed E-state index contributed by atoms with van der Waals surface area (Å²) in [6.07, 6.45) is -2.07. The number of nitrogens with one attached hydrogen (secondary N) is 1. The first kappa shape index (κ1) is 26.8. The Labute approximate surface area is 217 Å². The van der Waals surface area contributed by atoms with Gasteiger partial charge in [0, 0.05) is 68.0 Å². The molecule has 1 saturated heterocycles. The molecule has 4 rings (SSSR count). The molecular weight excluding hydrogens is 499 g/mol. The molecule has 1 aromatic carbocycles. The fourth-order valence-electron chi connectivity index (χ4n) is 3.87. The van der Waals surface area contributed by atoms with Crippen molar-refractivity contribution < 1.29 is 22.7 Å². The van der Waals surface area contributed by atoms with Crippen molar-refractivity contribution in [3.63, 3.8) is 0 Å². The summed E-state index contributed by atoms with van der Waals surface area (Å²) >= 11 is 0. The van der Waals surface area contributed by atoms with Gasteiger partial charge in [0.25, 0.3) is 5.91 Å². The van der Waals surface area contributed by atoms with Crippen LogP contribution in [0.2, 0.25) is 0 Å². The van der Waals surface area contributed by atoms with Gasteiger partial charge in [-0.05, 0) is 36.7 Å². The van der Waals surface area contributed by atoms with Gasteiger partial charge in [0.05, 0.1) is 5.56 Å². The fraction of sp³-hybridized carbons (Fsp3) is 0.308. The highest BCUT2D eigenvalue weighted by Gasteiger charge is 2.32. The van der Waals surface area contributed by atoms with Gasteiger partial charge in [-0.25, -0.2) is 0 Å². The van der Waals surface area contributed by atoms with Gasteiger partial charge in [-0.2, -0.15) is 0 Å². The van der Waals surface area contributed by atoms with E-state index in [1.165, 1.54) is 30.6 Å². The topological polar surface area (TPSA) is 110 Å². The number of aromatic nitrogens is 3. The molecule has 0 atom stereocenters. The normalized spacial score (nSPS) is 14.4. The van der Waals surface area contributed by atoms with Crippen LogP contribution in [0.4, 0.5) is 24.7 Å². The monoisotopic (exact) mass is 525 g/mol. The highest BCUT2D eigenvalue weighted by molar-refractivity contribution is 6.04. The van der Waals surface area contributed by atoms with Crippen molar-refractivity contribution in [1.82, 2.24) is 25.0 Å². The highest BCUT2D eigenvalue weighted by atomic mass is 19.4. The Hall–Kier alpha value is -4.21. The number of pyridine rings is 1. The maximum Gasteiger partial charge on any atom is 0.573 e. The summed E-state index contributed by atoms with van der Waals surface area (Å²) in [5, 5.41) is 10.2. The van der Waals surface area contributed by atoms with E-state index in [2.05, 4.69) is 53.8 Å². The molecule has 198 valence electrons. The van der Waals surface area contributed by atoms with E-state index < -0.39 is 12.3 Å². The number of nitrogens with zero attached hydrogens (tertiary/aromatic N) is 5. The standard InChI is InChI=1S/C26H26F3N7O2/c1-2-35-9-11-36(12-10-35)17-19-4-6-22(14-23(19)38-26(27,28)29)32-25(37)20-13-18(15-31-16-20)3-5-21-7-8-24(30)34-33-21/h4,6-8,13-16H,2,9-12,17H2,1H3,(H2,30,34)(H,32,37). The van der Waals surface area contributed by atoms with Crippen LogP contribution in [0.5, 0.6) is 5.75 Å². The summed E-state index contributed by atoms with van der Waals surface area (Å²) < 4.78 is 43.8. The van der Waals surface area contributed by atoms with Crippen LogP contribution in [0.1, 0.15) is 34.1 Å². The lowest BCUT2D eigenvalue weighted by molar-refractivity contribution is -0.275. The summed E-state index contributed by atoms with van der Waals surface area (Å²) in [6.45, 7) is 6.52. The number of alkyl halides is 3. The van der Waals surface area contributed by atoms with Gasteiger partial charge in [-0.3, -0.25) is 14.7 Å². The number of halogens is 3. The molecule has 0 aliphatic carbocycles. The maximum absolute atomic E-state index is 13.1. The van der Waals surface area contributed by atoms with Crippen molar-refractivity contribution >= 4 is 17.4 Å². The van der Waals surface area contributed by atoms with Gasteiger partial charge >= 0.3 is 6.36 Å². The second-order valence-corrected chi connectivity index (χ2v) is 8.59. The molecule has 0 spiro atoms. The van der Waals surface area contributed by atoms with E-state index in [1.54, 1.807) is 18.2 Å². The number of nitrogens with two attached hydrogens (primary N) is 1. The number of piperazine rings is 1. The van der Waals surface area contributed by atoms with E-state index in [1.807, 2.05) is 0 Å². The van der Waals surface area contributed by atoms with Crippen LogP contribution in [0.25, 0.3) is 0 Å². The van der Waals surface area contributed by atoms with Crippen LogP contribution in [-0.2, 0) is 6.54 Å². The van der Waals surface area contributed by atoms with E-state index in [4.69, 9.17) is 5.73 Å². The van der Waals surface area contributed by atoms with Crippen LogP contribution in [0, 0.1) is 11.8 Å². The molecule has 1 fully saturated rings. The summed E-state index contributed by atoms with van der Waals surface area (Å²) in [6, 6.07) is 8.95. The number of amides is 1. The van der Waals surface area contributed by atoms with E-state index in [9.17, 15) is 18.0 Å². The molecular formula is C26H26F3N7O2. The molecule has 3 aromatic rings. The Kier molecular flexibility index (Phi) is 8.40. The lowest BCUT2D eigenvalue weighted by atomic mass is 10.1. The fourth-order valence-corrected chi connectivity index (χ4v) is 3.87. The molecule has 0 bridgehead atoms. The molecule has 1 aliphatic rings. The lowest BCUT2D eigenvalue weighted by Gasteiger charge is -2.34. The van der Waals surface area contributed by atoms with Crippen molar-refractivity contribution in [1.29, 1.82) is 0 Å². The Bertz CT molecular complexity index is 1330. The first-order valence-corrected chi connectivity index (χ1v) is 11.9. The highest BCUT2D eigenvalue weighted by Crippen LogP contribution is 2.30. The van der Waals surface area contributed by atoms with Gasteiger partial charge in [0.15, 0.2) is 0 Å². The van der Waals surface area contributed by atoms with Crippen molar-refractivity contribution in [2.75, 3.05) is 43.8 Å². The Morgan fingerprint density at radius 2 is 1.82 bits per heavy atom. The average Bonchev–Trinajstić information content (AvgIpc) is 2.89. The van der Waals surface area contributed by atoms with Gasteiger partial charge in [0.1, 0.15) is 17.3 Å². The van der Waals surface area contributed by atoms with E-state index in [0.717, 1.165) is 32.7 Å². The predicted octanol–water partition coefficient (Wildman–Crippen LogP) is 3.14. The Balaban J connectivity index is 1.48. The molecule has 3 N–H and O–H groups in total. The summed E-state index contributed by atoms with van der Waals surface area (Å²) in [7, 11) is 0. The molecule has 12 heteroatoms. The molecule has 0 saturated carbocycles. The van der Waals surface area contributed by atoms with Crippen molar-refractivity contribution in [2.45, 2.75) is 19.8 Å². The maximum atomic E-state index is 13.1. The third kappa shape index (κ3) is 7.64. The van der Waals surface area contributed by atoms with Gasteiger partial charge in [-0.1, -0.05) is 18.9 Å². The number of benzene rings is 1. The first-order chi connectivity index (χ1) is 18.2. The second-order valence-electron chi connectivity index (χ2n) is 8.59. The summed E-state index contributed by atoms with van der Waals surface area (Å²) in [4.78, 5) is 21.2. The van der Waals surface area contributed by atoms with Crippen LogP contribution in [0.15, 0.2) is 48.8 Å². The van der Waals surface area contributed by atoms with Crippen LogP contribution in [-0.4, -0.2) is 70.0 Å². The molecule has 38 heavy (non-hydrogen) atoms. The number of hydrogen-bond acceptors (Lipinski definition) is 8. The van der Waals surface area contributed by atoms with Gasteiger partial charge < -0.3 is 20.7 Å². The predicted molar refractivity (Wildman–Crippen MR) is 135 cm³/mol. The Morgan fingerprint density at radius 3 is 2.50 bits per heavy atom. The molecule has 3 heterocycles. The molecule has 0 unspecified atom stereocenters. The van der Waals surface area contributed by atoms with Crippen LogP contribution in [0.3, 0.4) is 0 Å². The SMILES string of the molecule is CCN1CCN(Cc2ccc(NC(=O)c3cncc(C#Cc4ccc(N)nn4)c3)cc2OC(F)(F)F)CC1. The minimum atomic E-state index is -4.87. The summed E-state index contributed by atoms with van der Waals surface area (Å²) in [5.41, 5.74) is 7.05. The molecule has 9 nitrogen and oxygen atoms in total. The zero-order valence-corrected chi connectivity index (χ0v) is 20.6. The first-order valence-electron chi connectivity index (χ1n) is 11.9. The average molecular weight is 526 g/mol. The Morgan fingerprint density at radius 1 is 1.05 bits per heavy atom. The minimum absolute atomic E-state index is 0.155. The quantitative estimate of drug-likeness (QED) is 0.473. The third-order valence-electron chi connectivity index (χ3n) is 5.88. The smallest absolute Gasteiger partial charge is 0.405 e. The van der Waals surface area contributed by atoms with E-state index in [0.29, 0.717) is 23.4 Å². The molecule has 1 amide bonds. The zero-order chi connectivity index (χ0) is 27.1. The van der Waals surface area contributed by atoms with Gasteiger partial charge in [-0.15, -0.1) is 23.4 Å². The minimum Gasteiger partial charge on any atom is -0.405 e. The van der Waals surface area contributed by atoms with E-state index >= 15 is 0 Å². The number of rotatable bonds is 6. The number of nitrogen functional groups attached to an aromatic ring is 1. The lowest BCUT2D eigenvalue weighted by Crippen LogP contribution is -2.45. The number of carbonyl (C=O) groups is 1. The number of anilines is 2. The summed E-state index contributed by atoms with van der Waals surface area (Å²) in [5.74, 6) is 4.99. The van der Waals surface area contributed by atoms with Crippen molar-refractivity contribution in [3.05, 3.63) is 71.2 Å². The zero-order valence-electron chi connectivity index (χ0n) is 20.6. The number of likely N-dealkylation sites (N-methyl/N-ethyl adjacent to an activating group) is 1. The molecule has 0 radical (unpaired) electrons. The van der Waals surface area contributed by atoms with Gasteiger partial charge in [0.2, 0.25) is 0 Å². The number of hydrogen-bond donors (Lipinski definition) is 2. The van der Waals surface area contributed by atoms with E-state index in [-0.39, 0.29) is 22.8 Å². The molecule has 2 aromatic heterocycles. The van der Waals surface area contributed by atoms with Crippen LogP contribution < -0.4 is 15.8 Å². The number of ether oxygens (including phenoxy) is 1. The van der Waals surface area contributed by atoms with Crippen LogP contribution >= 0.6 is 0 Å². The van der Waals surface area contributed by atoms with Crippen molar-refractivity contribution in [2.24, 2.45) is 0 Å². The third-order valence-corrected chi connectivity index (χ3v) is 5.88. The molecule has 1 aliphatic heterocycles. The van der Waals surface area contributed by atoms with Crippen molar-refractivity contribution in [3.8, 4) is 17.6 Å². The largest absolute Gasteiger partial charge is 0.573 e. The second kappa shape index (κ2) is 11.9.